The van der Waals surface area contributed by atoms with E-state index in [1.54, 1.807) is 0 Å². The first-order chi connectivity index (χ1) is 6.46. The molecule has 1 unspecified atom stereocenters. The van der Waals surface area contributed by atoms with Crippen molar-refractivity contribution in [2.45, 2.75) is 38.8 Å². The molecule has 1 amide bonds. The van der Waals surface area contributed by atoms with Gasteiger partial charge in [0, 0.05) is 25.2 Å². The van der Waals surface area contributed by atoms with Crippen molar-refractivity contribution in [3.63, 3.8) is 0 Å². The second-order valence-corrected chi connectivity index (χ2v) is 4.68. The molecule has 14 heavy (non-hydrogen) atoms. The number of aliphatic hydroxyl groups excluding tert-OH is 1. The Morgan fingerprint density at radius 2 is 2.21 bits per heavy atom. The van der Waals surface area contributed by atoms with Gasteiger partial charge in [-0.1, -0.05) is 0 Å². The molecule has 1 atom stereocenters. The zero-order valence-electron chi connectivity index (χ0n) is 9.21. The minimum Gasteiger partial charge on any atom is -0.396 e. The first kappa shape index (κ1) is 11.5. The Morgan fingerprint density at radius 1 is 1.57 bits per heavy atom. The van der Waals surface area contributed by atoms with Crippen LogP contribution in [0.5, 0.6) is 0 Å². The minimum absolute atomic E-state index is 0.0163. The van der Waals surface area contributed by atoms with Crippen LogP contribution in [-0.2, 0) is 4.79 Å². The van der Waals surface area contributed by atoms with Gasteiger partial charge in [-0.2, -0.15) is 0 Å². The number of carbonyl (C=O) groups is 1. The molecule has 1 rings (SSSR count). The summed E-state index contributed by atoms with van der Waals surface area (Å²) >= 11 is 0. The number of piperazine rings is 1. The lowest BCUT2D eigenvalue weighted by Crippen LogP contribution is -2.61. The third kappa shape index (κ3) is 2.45. The van der Waals surface area contributed by atoms with Crippen LogP contribution in [0.2, 0.25) is 0 Å². The highest BCUT2D eigenvalue weighted by Gasteiger charge is 2.35. The second kappa shape index (κ2) is 4.28. The van der Waals surface area contributed by atoms with Crippen molar-refractivity contribution < 1.29 is 9.90 Å². The molecule has 1 aliphatic rings. The monoisotopic (exact) mass is 200 g/mol. The van der Waals surface area contributed by atoms with E-state index in [0.29, 0.717) is 13.0 Å². The third-order valence-electron chi connectivity index (χ3n) is 2.59. The number of hydrogen-bond donors (Lipinski definition) is 2. The summed E-state index contributed by atoms with van der Waals surface area (Å²) in [5, 5.41) is 11.7. The molecular weight excluding hydrogens is 180 g/mol. The van der Waals surface area contributed by atoms with Gasteiger partial charge in [0.1, 0.15) is 0 Å². The maximum atomic E-state index is 11.6. The summed E-state index contributed by atoms with van der Waals surface area (Å²) in [6.07, 6.45) is 0.517. The van der Waals surface area contributed by atoms with Crippen LogP contribution in [0.1, 0.15) is 27.2 Å². The van der Waals surface area contributed by atoms with Crippen LogP contribution in [0.3, 0.4) is 0 Å². The first-order valence-electron chi connectivity index (χ1n) is 5.12. The zero-order valence-corrected chi connectivity index (χ0v) is 9.21. The summed E-state index contributed by atoms with van der Waals surface area (Å²) in [5.41, 5.74) is -0.0163. The molecular formula is C10H20N2O2. The predicted molar refractivity (Wildman–Crippen MR) is 55.0 cm³/mol. The topological polar surface area (TPSA) is 52.6 Å². The summed E-state index contributed by atoms with van der Waals surface area (Å²) in [6, 6.07) is -0.172. The molecule has 0 bridgehead atoms. The van der Waals surface area contributed by atoms with Crippen molar-refractivity contribution >= 4 is 5.91 Å². The van der Waals surface area contributed by atoms with Gasteiger partial charge in [0.15, 0.2) is 0 Å². The van der Waals surface area contributed by atoms with Gasteiger partial charge in [-0.15, -0.1) is 0 Å². The fourth-order valence-electron chi connectivity index (χ4n) is 1.93. The van der Waals surface area contributed by atoms with Crippen molar-refractivity contribution in [2.75, 3.05) is 19.7 Å². The summed E-state index contributed by atoms with van der Waals surface area (Å²) in [7, 11) is 0. The van der Waals surface area contributed by atoms with E-state index in [1.165, 1.54) is 0 Å². The molecule has 4 nitrogen and oxygen atoms in total. The van der Waals surface area contributed by atoms with Crippen molar-refractivity contribution in [3.8, 4) is 0 Å². The van der Waals surface area contributed by atoms with E-state index in [1.807, 2.05) is 0 Å². The average Bonchev–Trinajstić information content (AvgIpc) is 2.07. The quantitative estimate of drug-likeness (QED) is 0.658. The van der Waals surface area contributed by atoms with Gasteiger partial charge in [-0.05, 0) is 27.2 Å². The molecule has 1 heterocycles. The van der Waals surface area contributed by atoms with E-state index in [4.69, 9.17) is 5.11 Å². The number of nitrogens with zero attached hydrogens (tertiary/aromatic N) is 1. The van der Waals surface area contributed by atoms with Crippen LogP contribution in [0.4, 0.5) is 0 Å². The van der Waals surface area contributed by atoms with Gasteiger partial charge < -0.3 is 10.4 Å². The van der Waals surface area contributed by atoms with Crippen LogP contribution >= 0.6 is 0 Å². The summed E-state index contributed by atoms with van der Waals surface area (Å²) < 4.78 is 0. The molecule has 0 aromatic heterocycles. The normalized spacial score (nSPS) is 24.9. The lowest BCUT2D eigenvalue weighted by atomic mass is 9.99. The highest BCUT2D eigenvalue weighted by atomic mass is 16.3. The van der Waals surface area contributed by atoms with Gasteiger partial charge in [0.2, 0.25) is 5.91 Å². The molecule has 0 aliphatic carbocycles. The fraction of sp³-hybridized carbons (Fsp3) is 0.900. The number of aliphatic hydroxyl groups is 1. The summed E-state index contributed by atoms with van der Waals surface area (Å²) in [6.45, 7) is 7.91. The smallest absolute Gasteiger partial charge is 0.237 e. The lowest BCUT2D eigenvalue weighted by Gasteiger charge is -2.43. The summed E-state index contributed by atoms with van der Waals surface area (Å²) in [4.78, 5) is 13.7. The standard InChI is InChI=1S/C10H20N2O2/c1-10(2,3)12-6-5-11-9(14)8(12)4-7-13/h8,13H,4-7H2,1-3H3,(H,11,14). The molecule has 1 aliphatic heterocycles. The number of rotatable bonds is 2. The van der Waals surface area contributed by atoms with E-state index < -0.39 is 0 Å². The third-order valence-corrected chi connectivity index (χ3v) is 2.59. The maximum Gasteiger partial charge on any atom is 0.237 e. The van der Waals surface area contributed by atoms with Gasteiger partial charge in [0.05, 0.1) is 6.04 Å². The molecule has 0 aromatic carbocycles. The largest absolute Gasteiger partial charge is 0.396 e. The minimum atomic E-state index is -0.172. The van der Waals surface area contributed by atoms with Crippen molar-refractivity contribution in [3.05, 3.63) is 0 Å². The summed E-state index contributed by atoms with van der Waals surface area (Å²) in [5.74, 6) is 0.0419. The van der Waals surface area contributed by atoms with Crippen molar-refractivity contribution in [2.24, 2.45) is 0 Å². The second-order valence-electron chi connectivity index (χ2n) is 4.68. The first-order valence-corrected chi connectivity index (χ1v) is 5.12. The molecule has 0 saturated carbocycles. The molecule has 0 radical (unpaired) electrons. The maximum absolute atomic E-state index is 11.6. The predicted octanol–water partition coefficient (Wildman–Crippen LogP) is -0.0323. The highest BCUT2D eigenvalue weighted by Crippen LogP contribution is 2.20. The van der Waals surface area contributed by atoms with Gasteiger partial charge in [-0.25, -0.2) is 0 Å². The van der Waals surface area contributed by atoms with Crippen LogP contribution in [0.25, 0.3) is 0 Å². The molecule has 82 valence electrons. The van der Waals surface area contributed by atoms with E-state index >= 15 is 0 Å². The van der Waals surface area contributed by atoms with Crippen molar-refractivity contribution in [1.29, 1.82) is 0 Å². The molecule has 2 N–H and O–H groups in total. The Labute approximate surface area is 85.3 Å². The van der Waals surface area contributed by atoms with Gasteiger partial charge in [0.25, 0.3) is 0 Å². The Balaban J connectivity index is 2.74. The SMILES string of the molecule is CC(C)(C)N1CCNC(=O)C1CCO. The average molecular weight is 200 g/mol. The van der Waals surface area contributed by atoms with E-state index in [2.05, 4.69) is 31.0 Å². The van der Waals surface area contributed by atoms with Crippen LogP contribution in [0.15, 0.2) is 0 Å². The number of hydrogen-bond acceptors (Lipinski definition) is 3. The number of amides is 1. The molecule has 4 heteroatoms. The fourth-order valence-corrected chi connectivity index (χ4v) is 1.93. The van der Waals surface area contributed by atoms with Gasteiger partial charge in [-0.3, -0.25) is 9.69 Å². The van der Waals surface area contributed by atoms with Crippen LogP contribution in [-0.4, -0.2) is 47.2 Å². The molecule has 1 fully saturated rings. The van der Waals surface area contributed by atoms with Crippen molar-refractivity contribution in [1.82, 2.24) is 10.2 Å². The van der Waals surface area contributed by atoms with Crippen LogP contribution in [0, 0.1) is 0 Å². The number of carbonyl (C=O) groups excluding carboxylic acids is 1. The zero-order chi connectivity index (χ0) is 10.8. The van der Waals surface area contributed by atoms with E-state index in [-0.39, 0.29) is 24.1 Å². The molecule has 1 saturated heterocycles. The van der Waals surface area contributed by atoms with E-state index in [9.17, 15) is 4.79 Å². The Bertz CT molecular complexity index is 211. The highest BCUT2D eigenvalue weighted by molar-refractivity contribution is 5.82. The number of nitrogens with one attached hydrogen (secondary N) is 1. The molecule has 0 spiro atoms. The lowest BCUT2D eigenvalue weighted by molar-refractivity contribution is -0.132. The van der Waals surface area contributed by atoms with Gasteiger partial charge >= 0.3 is 0 Å². The Hall–Kier alpha value is -0.610. The van der Waals surface area contributed by atoms with E-state index in [0.717, 1.165) is 6.54 Å². The Kier molecular flexibility index (Phi) is 3.50. The Morgan fingerprint density at radius 3 is 2.71 bits per heavy atom. The molecule has 0 aromatic rings. The van der Waals surface area contributed by atoms with Crippen LogP contribution < -0.4 is 5.32 Å².